The van der Waals surface area contributed by atoms with Gasteiger partial charge in [-0.25, -0.2) is 15.0 Å². The molecule has 0 aromatic carbocycles. The van der Waals surface area contributed by atoms with Crippen molar-refractivity contribution in [1.82, 2.24) is 19.5 Å². The van der Waals surface area contributed by atoms with Gasteiger partial charge in [0.05, 0.1) is 19.3 Å². The van der Waals surface area contributed by atoms with Gasteiger partial charge in [0, 0.05) is 7.11 Å². The molecule has 0 radical (unpaired) electrons. The maximum Gasteiger partial charge on any atom is 0.270 e. The topological polar surface area (TPSA) is 69.9 Å². The summed E-state index contributed by atoms with van der Waals surface area (Å²) >= 11 is 5.86. The van der Waals surface area contributed by atoms with Gasteiger partial charge in [-0.05, 0) is 0 Å². The van der Waals surface area contributed by atoms with E-state index < -0.39 is 0 Å². The first-order valence-corrected chi connectivity index (χ1v) is 4.97. The molecule has 0 atom stereocenters. The molecular weight excluding hydrogens is 232 g/mol. The van der Waals surface area contributed by atoms with Gasteiger partial charge < -0.3 is 4.74 Å². The molecule has 0 amide bonds. The molecule has 0 aliphatic rings. The molecule has 0 fully saturated rings. The fourth-order valence-corrected chi connectivity index (χ4v) is 1.53. The lowest BCUT2D eigenvalue weighted by molar-refractivity contribution is 0.187. The Bertz CT molecular complexity index is 569. The molecule has 0 saturated heterocycles. The largest absolute Gasteiger partial charge is 0.383 e. The first-order valence-electron chi connectivity index (χ1n) is 4.59. The molecule has 2 rings (SSSR count). The predicted molar refractivity (Wildman–Crippen MR) is 58.5 cm³/mol. The second kappa shape index (κ2) is 4.54. The van der Waals surface area contributed by atoms with Crippen LogP contribution in [0, 0.1) is 0 Å². The lowest BCUT2D eigenvalue weighted by Gasteiger charge is -2.07. The third-order valence-electron chi connectivity index (χ3n) is 2.10. The monoisotopic (exact) mass is 240 g/mol. The van der Waals surface area contributed by atoms with Crippen LogP contribution in [0.15, 0.2) is 17.3 Å². The van der Waals surface area contributed by atoms with E-state index in [0.717, 1.165) is 0 Å². The minimum Gasteiger partial charge on any atom is -0.383 e. The molecule has 0 spiro atoms. The number of methoxy groups -OCH3 is 1. The van der Waals surface area contributed by atoms with E-state index in [2.05, 4.69) is 15.0 Å². The normalized spacial score (nSPS) is 10.9. The minimum atomic E-state index is -0.237. The van der Waals surface area contributed by atoms with Gasteiger partial charge >= 0.3 is 0 Å². The average molecular weight is 241 g/mol. The smallest absolute Gasteiger partial charge is 0.270 e. The van der Waals surface area contributed by atoms with E-state index in [-0.39, 0.29) is 10.7 Å². The van der Waals surface area contributed by atoms with Gasteiger partial charge in [0.25, 0.3) is 5.56 Å². The Morgan fingerprint density at radius 1 is 1.44 bits per heavy atom. The molecule has 0 N–H and O–H groups in total. The lowest BCUT2D eigenvalue weighted by Crippen LogP contribution is -2.23. The maximum atomic E-state index is 11.6. The summed E-state index contributed by atoms with van der Waals surface area (Å²) in [6.07, 6.45) is 2.50. The summed E-state index contributed by atoms with van der Waals surface area (Å²) < 4.78 is 6.38. The highest BCUT2D eigenvalue weighted by atomic mass is 35.5. The van der Waals surface area contributed by atoms with Crippen LogP contribution < -0.4 is 5.56 Å². The summed E-state index contributed by atoms with van der Waals surface area (Å²) in [5.41, 5.74) is 0.601. The quantitative estimate of drug-likeness (QED) is 0.730. The van der Waals surface area contributed by atoms with Gasteiger partial charge in [-0.15, -0.1) is 0 Å². The SMILES string of the molecule is COCCn1c(=O)cnc2c(Cl)ncnc21. The van der Waals surface area contributed by atoms with Crippen LogP contribution >= 0.6 is 11.6 Å². The molecule has 0 aliphatic carbocycles. The van der Waals surface area contributed by atoms with Crippen molar-refractivity contribution in [2.45, 2.75) is 6.54 Å². The fourth-order valence-electron chi connectivity index (χ4n) is 1.35. The molecule has 0 aliphatic heterocycles. The summed E-state index contributed by atoms with van der Waals surface area (Å²) in [6, 6.07) is 0. The lowest BCUT2D eigenvalue weighted by atomic mass is 10.5. The third kappa shape index (κ3) is 1.89. The third-order valence-corrected chi connectivity index (χ3v) is 2.38. The Balaban J connectivity index is 2.65. The molecule has 2 aromatic rings. The van der Waals surface area contributed by atoms with Crippen molar-refractivity contribution in [1.29, 1.82) is 0 Å². The number of halogens is 1. The van der Waals surface area contributed by atoms with Gasteiger partial charge in [-0.3, -0.25) is 9.36 Å². The van der Waals surface area contributed by atoms with E-state index in [1.807, 2.05) is 0 Å². The molecule has 2 heterocycles. The molecule has 7 heteroatoms. The summed E-state index contributed by atoms with van der Waals surface area (Å²) in [4.78, 5) is 23.3. The first kappa shape index (κ1) is 11.0. The molecule has 6 nitrogen and oxygen atoms in total. The van der Waals surface area contributed by atoms with Gasteiger partial charge in [-0.1, -0.05) is 11.6 Å². The Hall–Kier alpha value is -1.53. The Labute approximate surface area is 95.9 Å². The minimum absolute atomic E-state index is 0.233. The fraction of sp³-hybridized carbons (Fsp3) is 0.333. The van der Waals surface area contributed by atoms with Gasteiger partial charge in [-0.2, -0.15) is 0 Å². The number of hydrogen-bond donors (Lipinski definition) is 0. The van der Waals surface area contributed by atoms with E-state index in [4.69, 9.17) is 16.3 Å². The highest BCUT2D eigenvalue weighted by Gasteiger charge is 2.08. The number of ether oxygens (including phenoxy) is 1. The first-order chi connectivity index (χ1) is 7.74. The van der Waals surface area contributed by atoms with Gasteiger partial charge in [0.15, 0.2) is 10.8 Å². The second-order valence-corrected chi connectivity index (χ2v) is 3.44. The highest BCUT2D eigenvalue weighted by Crippen LogP contribution is 2.14. The number of hydrogen-bond acceptors (Lipinski definition) is 5. The van der Waals surface area contributed by atoms with Crippen LogP contribution in [0.25, 0.3) is 11.2 Å². The van der Waals surface area contributed by atoms with E-state index in [9.17, 15) is 4.79 Å². The van der Waals surface area contributed by atoms with Crippen molar-refractivity contribution in [2.75, 3.05) is 13.7 Å². The zero-order valence-electron chi connectivity index (χ0n) is 8.55. The zero-order valence-corrected chi connectivity index (χ0v) is 9.31. The van der Waals surface area contributed by atoms with Gasteiger partial charge in [0.1, 0.15) is 11.8 Å². The Morgan fingerprint density at radius 2 is 2.25 bits per heavy atom. The molecule has 0 unspecified atom stereocenters. The van der Waals surface area contributed by atoms with Crippen molar-refractivity contribution < 1.29 is 4.74 Å². The van der Waals surface area contributed by atoms with Crippen LogP contribution in [0.4, 0.5) is 0 Å². The summed E-state index contributed by atoms with van der Waals surface area (Å²) in [7, 11) is 1.57. The van der Waals surface area contributed by atoms with Crippen molar-refractivity contribution in [3.05, 3.63) is 28.0 Å². The van der Waals surface area contributed by atoms with Crippen molar-refractivity contribution >= 4 is 22.8 Å². The van der Waals surface area contributed by atoms with E-state index in [1.165, 1.54) is 17.1 Å². The van der Waals surface area contributed by atoms with Crippen molar-refractivity contribution in [3.63, 3.8) is 0 Å². The van der Waals surface area contributed by atoms with E-state index >= 15 is 0 Å². The maximum absolute atomic E-state index is 11.6. The number of rotatable bonds is 3. The van der Waals surface area contributed by atoms with Crippen LogP contribution in [0.3, 0.4) is 0 Å². The standard InChI is InChI=1S/C9H9ClN4O2/c1-16-3-2-14-6(15)4-11-7-8(10)12-5-13-9(7)14/h4-5H,2-3H2,1H3. The van der Waals surface area contributed by atoms with E-state index in [1.54, 1.807) is 7.11 Å². The molecule has 16 heavy (non-hydrogen) atoms. The zero-order chi connectivity index (χ0) is 11.5. The summed E-state index contributed by atoms with van der Waals surface area (Å²) in [5, 5.41) is 0.233. The van der Waals surface area contributed by atoms with Crippen LogP contribution in [-0.2, 0) is 11.3 Å². The molecule has 2 aromatic heterocycles. The summed E-state index contributed by atoms with van der Waals surface area (Å²) in [6.45, 7) is 0.822. The van der Waals surface area contributed by atoms with Crippen molar-refractivity contribution in [3.8, 4) is 0 Å². The van der Waals surface area contributed by atoms with Crippen molar-refractivity contribution in [2.24, 2.45) is 0 Å². The average Bonchev–Trinajstić information content (AvgIpc) is 2.28. The van der Waals surface area contributed by atoms with Crippen LogP contribution in [0.1, 0.15) is 0 Å². The van der Waals surface area contributed by atoms with Crippen LogP contribution in [0.5, 0.6) is 0 Å². The summed E-state index contributed by atoms with van der Waals surface area (Å²) in [5.74, 6) is 0. The number of nitrogens with zero attached hydrogens (tertiary/aromatic N) is 4. The van der Waals surface area contributed by atoms with Gasteiger partial charge in [0.2, 0.25) is 0 Å². The van der Waals surface area contributed by atoms with Crippen LogP contribution in [0.2, 0.25) is 5.15 Å². The Morgan fingerprint density at radius 3 is 3.00 bits per heavy atom. The molecule has 84 valence electrons. The second-order valence-electron chi connectivity index (χ2n) is 3.08. The van der Waals surface area contributed by atoms with Crippen LogP contribution in [-0.4, -0.2) is 33.2 Å². The molecule has 0 saturated carbocycles. The molecule has 0 bridgehead atoms. The Kier molecular flexibility index (Phi) is 3.12. The number of aromatic nitrogens is 4. The molecular formula is C9H9ClN4O2. The predicted octanol–water partition coefficient (Wildman–Crippen LogP) is 0.486. The van der Waals surface area contributed by atoms with E-state index in [0.29, 0.717) is 24.3 Å². The number of fused-ring (bicyclic) bond motifs is 1. The highest BCUT2D eigenvalue weighted by molar-refractivity contribution is 6.33.